The normalized spacial score (nSPS) is 10.4. The molecule has 0 saturated carbocycles. The van der Waals surface area contributed by atoms with Crippen molar-refractivity contribution in [3.8, 4) is 5.75 Å². The maximum atomic E-state index is 6.06. The third-order valence-electron chi connectivity index (χ3n) is 2.24. The molecule has 1 aromatic heterocycles. The Morgan fingerprint density at radius 3 is 2.69 bits per heavy atom. The molecule has 0 radical (unpaired) electrons. The Balaban J connectivity index is 2.27. The fourth-order valence-electron chi connectivity index (χ4n) is 1.39. The van der Waals surface area contributed by atoms with Gasteiger partial charge in [0.2, 0.25) is 0 Å². The molecule has 0 N–H and O–H groups in total. The van der Waals surface area contributed by atoms with Gasteiger partial charge in [0.1, 0.15) is 0 Å². The molecule has 0 amide bonds. The molecule has 2 rings (SSSR count). The zero-order valence-electron chi connectivity index (χ0n) is 8.65. The Hall–Kier alpha value is -1.19. The topological polar surface area (TPSA) is 27.1 Å². The summed E-state index contributed by atoms with van der Waals surface area (Å²) >= 11 is 12.1. The van der Waals surface area contributed by atoms with Crippen molar-refractivity contribution in [3.63, 3.8) is 0 Å². The number of ether oxygens (including phenoxy) is 1. The van der Waals surface area contributed by atoms with Crippen LogP contribution in [0.15, 0.2) is 30.5 Å². The van der Waals surface area contributed by atoms with Gasteiger partial charge >= 0.3 is 0 Å². The van der Waals surface area contributed by atoms with Crippen molar-refractivity contribution in [1.29, 1.82) is 0 Å². The summed E-state index contributed by atoms with van der Waals surface area (Å²) in [6.07, 6.45) is 1.58. The fourth-order valence-corrected chi connectivity index (χ4v) is 1.81. The highest BCUT2D eigenvalue weighted by Gasteiger charge is 2.09. The van der Waals surface area contributed by atoms with Gasteiger partial charge in [-0.2, -0.15) is 5.10 Å². The first-order chi connectivity index (χ1) is 7.72. The summed E-state index contributed by atoms with van der Waals surface area (Å²) in [6, 6.07) is 7.59. The van der Waals surface area contributed by atoms with Crippen LogP contribution in [0.25, 0.3) is 0 Å². The quantitative estimate of drug-likeness (QED) is 0.843. The van der Waals surface area contributed by atoms with Crippen molar-refractivity contribution >= 4 is 23.2 Å². The molecule has 84 valence electrons. The van der Waals surface area contributed by atoms with Gasteiger partial charge in [-0.1, -0.05) is 41.4 Å². The van der Waals surface area contributed by atoms with Gasteiger partial charge in [-0.15, -0.1) is 0 Å². The van der Waals surface area contributed by atoms with Crippen LogP contribution >= 0.6 is 23.2 Å². The number of hydrogen-bond acceptors (Lipinski definition) is 2. The standard InChI is InChI=1S/C11H10Cl2N2O/c1-16-10-6-14-15(11(10)13)7-8-4-2-3-5-9(8)12/h2-6H,7H2,1H3. The summed E-state index contributed by atoms with van der Waals surface area (Å²) in [6.45, 7) is 0.530. The zero-order valence-corrected chi connectivity index (χ0v) is 10.2. The highest BCUT2D eigenvalue weighted by molar-refractivity contribution is 6.31. The second-order valence-corrected chi connectivity index (χ2v) is 4.02. The number of benzene rings is 1. The van der Waals surface area contributed by atoms with Crippen LogP contribution in [0.5, 0.6) is 5.75 Å². The molecule has 2 aromatic rings. The summed E-state index contributed by atoms with van der Waals surface area (Å²) in [4.78, 5) is 0. The summed E-state index contributed by atoms with van der Waals surface area (Å²) in [5.41, 5.74) is 0.969. The molecule has 0 aliphatic rings. The van der Waals surface area contributed by atoms with Crippen molar-refractivity contribution in [1.82, 2.24) is 9.78 Å². The van der Waals surface area contributed by atoms with Crippen LogP contribution in [-0.4, -0.2) is 16.9 Å². The van der Waals surface area contributed by atoms with Crippen LogP contribution in [-0.2, 0) is 6.54 Å². The number of aromatic nitrogens is 2. The Labute approximate surface area is 104 Å². The molecule has 0 bridgehead atoms. The van der Waals surface area contributed by atoms with Gasteiger partial charge in [-0.25, -0.2) is 4.68 Å². The first-order valence-corrected chi connectivity index (χ1v) is 5.46. The van der Waals surface area contributed by atoms with Gasteiger partial charge in [0, 0.05) is 5.02 Å². The average Bonchev–Trinajstić information content (AvgIpc) is 2.63. The second kappa shape index (κ2) is 4.76. The van der Waals surface area contributed by atoms with E-state index in [2.05, 4.69) is 5.10 Å². The summed E-state index contributed by atoms with van der Waals surface area (Å²) in [5.74, 6) is 0.564. The molecule has 0 fully saturated rings. The minimum atomic E-state index is 0.474. The van der Waals surface area contributed by atoms with Crippen LogP contribution < -0.4 is 4.74 Å². The molecule has 16 heavy (non-hydrogen) atoms. The number of rotatable bonds is 3. The third-order valence-corrected chi connectivity index (χ3v) is 2.99. The monoisotopic (exact) mass is 256 g/mol. The van der Waals surface area contributed by atoms with Crippen LogP contribution in [0, 0.1) is 0 Å². The van der Waals surface area contributed by atoms with E-state index in [0.717, 1.165) is 5.56 Å². The second-order valence-electron chi connectivity index (χ2n) is 3.25. The van der Waals surface area contributed by atoms with Gasteiger partial charge in [0.15, 0.2) is 10.9 Å². The predicted octanol–water partition coefficient (Wildman–Crippen LogP) is 3.25. The molecule has 3 nitrogen and oxygen atoms in total. The lowest BCUT2D eigenvalue weighted by molar-refractivity contribution is 0.414. The molecule has 0 atom stereocenters. The van der Waals surface area contributed by atoms with Crippen LogP contribution in [0.2, 0.25) is 10.2 Å². The van der Waals surface area contributed by atoms with Crippen molar-refractivity contribution in [2.75, 3.05) is 7.11 Å². The molecule has 0 aliphatic heterocycles. The largest absolute Gasteiger partial charge is 0.492 e. The lowest BCUT2D eigenvalue weighted by Gasteiger charge is -2.05. The van der Waals surface area contributed by atoms with E-state index >= 15 is 0 Å². The molecule has 0 spiro atoms. The Bertz CT molecular complexity index is 496. The summed E-state index contributed by atoms with van der Waals surface area (Å²) in [7, 11) is 1.56. The highest BCUT2D eigenvalue weighted by Crippen LogP contribution is 2.25. The maximum Gasteiger partial charge on any atom is 0.175 e. The van der Waals surface area contributed by atoms with Crippen LogP contribution in [0.1, 0.15) is 5.56 Å². The molecular formula is C11H10Cl2N2O. The van der Waals surface area contributed by atoms with Crippen molar-refractivity contribution in [2.45, 2.75) is 6.54 Å². The average molecular weight is 257 g/mol. The van der Waals surface area contributed by atoms with Crippen LogP contribution in [0.3, 0.4) is 0 Å². The van der Waals surface area contributed by atoms with E-state index in [-0.39, 0.29) is 0 Å². The Morgan fingerprint density at radius 1 is 1.31 bits per heavy atom. The molecule has 0 saturated heterocycles. The van der Waals surface area contributed by atoms with E-state index in [1.54, 1.807) is 18.0 Å². The van der Waals surface area contributed by atoms with E-state index in [1.807, 2.05) is 24.3 Å². The van der Waals surface area contributed by atoms with E-state index in [1.165, 1.54) is 0 Å². The highest BCUT2D eigenvalue weighted by atomic mass is 35.5. The predicted molar refractivity (Wildman–Crippen MR) is 64.3 cm³/mol. The fraction of sp³-hybridized carbons (Fsp3) is 0.182. The Kier molecular flexibility index (Phi) is 3.36. The van der Waals surface area contributed by atoms with Gasteiger partial charge in [-0.3, -0.25) is 0 Å². The lowest BCUT2D eigenvalue weighted by Crippen LogP contribution is -2.02. The van der Waals surface area contributed by atoms with Crippen molar-refractivity contribution < 1.29 is 4.74 Å². The van der Waals surface area contributed by atoms with Crippen molar-refractivity contribution in [3.05, 3.63) is 46.2 Å². The summed E-state index contributed by atoms with van der Waals surface area (Å²) in [5, 5.41) is 5.30. The number of methoxy groups -OCH3 is 1. The molecule has 1 heterocycles. The summed E-state index contributed by atoms with van der Waals surface area (Å²) < 4.78 is 6.69. The van der Waals surface area contributed by atoms with E-state index in [0.29, 0.717) is 22.5 Å². The number of nitrogens with zero attached hydrogens (tertiary/aromatic N) is 2. The zero-order chi connectivity index (χ0) is 11.5. The van der Waals surface area contributed by atoms with Gasteiger partial charge < -0.3 is 4.74 Å². The number of hydrogen-bond donors (Lipinski definition) is 0. The molecule has 0 unspecified atom stereocenters. The SMILES string of the molecule is COc1cnn(Cc2ccccc2Cl)c1Cl. The van der Waals surface area contributed by atoms with E-state index in [9.17, 15) is 0 Å². The molecule has 1 aromatic carbocycles. The van der Waals surface area contributed by atoms with E-state index < -0.39 is 0 Å². The maximum absolute atomic E-state index is 6.06. The minimum absolute atomic E-state index is 0.474. The van der Waals surface area contributed by atoms with Crippen molar-refractivity contribution in [2.24, 2.45) is 0 Å². The molecule has 5 heteroatoms. The third kappa shape index (κ3) is 2.15. The molecule has 0 aliphatic carbocycles. The van der Waals surface area contributed by atoms with Crippen LogP contribution in [0.4, 0.5) is 0 Å². The minimum Gasteiger partial charge on any atom is -0.492 e. The smallest absolute Gasteiger partial charge is 0.175 e. The first-order valence-electron chi connectivity index (χ1n) is 4.71. The lowest BCUT2D eigenvalue weighted by atomic mass is 10.2. The molecular weight excluding hydrogens is 247 g/mol. The van der Waals surface area contributed by atoms with Gasteiger partial charge in [0.25, 0.3) is 0 Å². The first kappa shape index (κ1) is 11.3. The van der Waals surface area contributed by atoms with Gasteiger partial charge in [-0.05, 0) is 11.6 Å². The van der Waals surface area contributed by atoms with Gasteiger partial charge in [0.05, 0.1) is 19.9 Å². The number of halogens is 2. The van der Waals surface area contributed by atoms with E-state index in [4.69, 9.17) is 27.9 Å². The Morgan fingerprint density at radius 2 is 2.06 bits per heavy atom.